The molecule has 34 valence electrons. The van der Waals surface area contributed by atoms with Gasteiger partial charge in [0.1, 0.15) is 0 Å². The van der Waals surface area contributed by atoms with E-state index in [-0.39, 0.29) is 6.16 Å². The lowest BCUT2D eigenvalue weighted by Crippen LogP contribution is -1.93. The Morgan fingerprint density at radius 1 is 2.00 bits per heavy atom. The van der Waals surface area contributed by atoms with Gasteiger partial charge in [-0.3, -0.25) is 4.79 Å². The molecule has 0 radical (unpaired) electrons. The summed E-state index contributed by atoms with van der Waals surface area (Å²) in [6, 6.07) is 0. The minimum absolute atomic E-state index is 0.153. The summed E-state index contributed by atoms with van der Waals surface area (Å²) in [4.78, 5) is 9.55. The highest BCUT2D eigenvalue weighted by Crippen LogP contribution is 1.85. The van der Waals surface area contributed by atoms with Gasteiger partial charge in [0.25, 0.3) is 0 Å². The van der Waals surface area contributed by atoms with Crippen molar-refractivity contribution in [3.05, 3.63) is 0 Å². The molecular formula is C3H5O2P. The molecule has 0 fully saturated rings. The molecule has 0 aromatic rings. The SMILES string of the molecule is C=PCC(=O)O. The summed E-state index contributed by atoms with van der Waals surface area (Å²) < 4.78 is 0. The highest BCUT2D eigenvalue weighted by atomic mass is 31.1. The van der Waals surface area contributed by atoms with E-state index in [4.69, 9.17) is 5.11 Å². The zero-order valence-corrected chi connectivity index (χ0v) is 4.11. The van der Waals surface area contributed by atoms with E-state index in [1.165, 1.54) is 0 Å². The molecule has 0 aromatic heterocycles. The van der Waals surface area contributed by atoms with Gasteiger partial charge < -0.3 is 5.11 Å². The molecule has 0 aromatic carbocycles. The number of hydrogen-bond acceptors (Lipinski definition) is 1. The van der Waals surface area contributed by atoms with Gasteiger partial charge in [-0.1, -0.05) is 6.30 Å². The monoisotopic (exact) mass is 104 g/mol. The molecule has 0 rings (SSSR count). The van der Waals surface area contributed by atoms with Crippen molar-refractivity contribution in [2.45, 2.75) is 0 Å². The maximum Gasteiger partial charge on any atom is 0.311 e. The molecule has 0 aliphatic rings. The Kier molecular flexibility index (Phi) is 2.68. The number of carboxylic acid groups (broad SMARTS) is 1. The van der Waals surface area contributed by atoms with E-state index in [2.05, 4.69) is 6.30 Å². The first-order chi connectivity index (χ1) is 2.77. The summed E-state index contributed by atoms with van der Waals surface area (Å²) in [5.41, 5.74) is 0. The van der Waals surface area contributed by atoms with Gasteiger partial charge in [0.2, 0.25) is 0 Å². The van der Waals surface area contributed by atoms with Gasteiger partial charge in [-0.25, -0.2) is 0 Å². The van der Waals surface area contributed by atoms with Crippen LogP contribution >= 0.6 is 8.20 Å². The zero-order chi connectivity index (χ0) is 4.99. The van der Waals surface area contributed by atoms with Crippen LogP contribution in [0.1, 0.15) is 0 Å². The molecule has 0 heterocycles. The van der Waals surface area contributed by atoms with Gasteiger partial charge in [0.05, 0.1) is 6.16 Å². The van der Waals surface area contributed by atoms with Crippen molar-refractivity contribution in [2.24, 2.45) is 0 Å². The summed E-state index contributed by atoms with van der Waals surface area (Å²) in [7, 11) is 0.674. The van der Waals surface area contributed by atoms with E-state index in [0.717, 1.165) is 0 Å². The highest BCUT2D eigenvalue weighted by Gasteiger charge is 1.84. The van der Waals surface area contributed by atoms with Crippen LogP contribution in [0.3, 0.4) is 0 Å². The van der Waals surface area contributed by atoms with Crippen molar-refractivity contribution in [1.82, 2.24) is 0 Å². The molecule has 0 unspecified atom stereocenters. The second-order valence-electron chi connectivity index (χ2n) is 0.775. The minimum atomic E-state index is -0.785. The van der Waals surface area contributed by atoms with Gasteiger partial charge >= 0.3 is 5.97 Å². The predicted molar refractivity (Wildman–Crippen MR) is 26.5 cm³/mol. The van der Waals surface area contributed by atoms with E-state index in [1.54, 1.807) is 0 Å². The molecule has 0 aliphatic carbocycles. The fourth-order valence-electron chi connectivity index (χ4n) is 0.0956. The normalized spacial score (nSPS) is 8.67. The van der Waals surface area contributed by atoms with Crippen LogP contribution in [0.5, 0.6) is 0 Å². The summed E-state index contributed by atoms with van der Waals surface area (Å²) in [5.74, 6) is -0.785. The molecule has 0 aliphatic heterocycles. The summed E-state index contributed by atoms with van der Waals surface area (Å²) in [5, 5.41) is 7.87. The fraction of sp³-hybridized carbons (Fsp3) is 0.333. The second kappa shape index (κ2) is 2.86. The average Bonchev–Trinajstić information content (AvgIpc) is 1.35. The maximum atomic E-state index is 9.55. The number of aliphatic carboxylic acids is 1. The Labute approximate surface area is 37.6 Å². The van der Waals surface area contributed by atoms with E-state index in [1.807, 2.05) is 0 Å². The molecule has 1 N–H and O–H groups in total. The minimum Gasteiger partial charge on any atom is -0.481 e. The van der Waals surface area contributed by atoms with Gasteiger partial charge in [0.15, 0.2) is 0 Å². The Balaban J connectivity index is 3.05. The summed E-state index contributed by atoms with van der Waals surface area (Å²) in [6.45, 7) is 0. The first-order valence-electron chi connectivity index (χ1n) is 1.41. The van der Waals surface area contributed by atoms with Crippen LogP contribution in [0.4, 0.5) is 0 Å². The number of hydrogen-bond donors (Lipinski definition) is 1. The first-order valence-corrected chi connectivity index (χ1v) is 2.68. The molecule has 0 spiro atoms. The van der Waals surface area contributed by atoms with E-state index < -0.39 is 5.97 Å². The third-order valence-corrected chi connectivity index (χ3v) is 0.741. The van der Waals surface area contributed by atoms with Crippen molar-refractivity contribution in [1.29, 1.82) is 0 Å². The Morgan fingerprint density at radius 2 is 2.50 bits per heavy atom. The third kappa shape index (κ3) is 3.64. The molecule has 0 saturated heterocycles. The molecule has 0 atom stereocenters. The molecule has 3 heteroatoms. The van der Waals surface area contributed by atoms with E-state index in [9.17, 15) is 4.79 Å². The van der Waals surface area contributed by atoms with Crippen LogP contribution < -0.4 is 0 Å². The Hall–Kier alpha value is -0.360. The summed E-state index contributed by atoms with van der Waals surface area (Å²) in [6.07, 6.45) is 3.47. The number of carbonyl (C=O) groups is 1. The smallest absolute Gasteiger partial charge is 0.311 e. The average molecular weight is 104 g/mol. The molecule has 2 nitrogen and oxygen atoms in total. The van der Waals surface area contributed by atoms with Crippen molar-refractivity contribution < 1.29 is 9.90 Å². The van der Waals surface area contributed by atoms with E-state index >= 15 is 0 Å². The zero-order valence-electron chi connectivity index (χ0n) is 3.22. The summed E-state index contributed by atoms with van der Waals surface area (Å²) >= 11 is 0. The highest BCUT2D eigenvalue weighted by molar-refractivity contribution is 7.37. The van der Waals surface area contributed by atoms with Crippen LogP contribution in [0.25, 0.3) is 0 Å². The molecular weight excluding hydrogens is 99.0 g/mol. The molecule has 0 amide bonds. The molecule has 0 bridgehead atoms. The van der Waals surface area contributed by atoms with Crippen LogP contribution in [0.2, 0.25) is 0 Å². The first kappa shape index (κ1) is 5.64. The second-order valence-corrected chi connectivity index (χ2v) is 1.54. The van der Waals surface area contributed by atoms with Crippen molar-refractivity contribution >= 4 is 20.5 Å². The van der Waals surface area contributed by atoms with Crippen LogP contribution in [0.15, 0.2) is 0 Å². The standard InChI is InChI=1S/C3H5O2P/c1-6-2-3(4)5/h1-2H2,(H,4,5). The van der Waals surface area contributed by atoms with Crippen LogP contribution in [-0.2, 0) is 4.79 Å². The lowest BCUT2D eigenvalue weighted by atomic mass is 10.8. The quantitative estimate of drug-likeness (QED) is 0.516. The topological polar surface area (TPSA) is 37.3 Å². The van der Waals surface area contributed by atoms with E-state index in [0.29, 0.717) is 8.20 Å². The van der Waals surface area contributed by atoms with Gasteiger partial charge in [-0.05, 0) is 0 Å². The van der Waals surface area contributed by atoms with Crippen molar-refractivity contribution in [3.8, 4) is 0 Å². The third-order valence-electron chi connectivity index (χ3n) is 0.247. The Morgan fingerprint density at radius 3 is 2.50 bits per heavy atom. The molecule has 6 heavy (non-hydrogen) atoms. The van der Waals surface area contributed by atoms with Gasteiger partial charge in [-0.2, -0.15) is 0 Å². The number of carboxylic acids is 1. The predicted octanol–water partition coefficient (Wildman–Crippen LogP) is 0.449. The van der Waals surface area contributed by atoms with Crippen molar-refractivity contribution in [3.63, 3.8) is 0 Å². The van der Waals surface area contributed by atoms with Crippen molar-refractivity contribution in [2.75, 3.05) is 6.16 Å². The van der Waals surface area contributed by atoms with Crippen LogP contribution in [0, 0.1) is 0 Å². The van der Waals surface area contributed by atoms with Gasteiger partial charge in [-0.15, -0.1) is 8.20 Å². The lowest BCUT2D eigenvalue weighted by Gasteiger charge is -1.74. The van der Waals surface area contributed by atoms with Crippen LogP contribution in [-0.4, -0.2) is 23.5 Å². The largest absolute Gasteiger partial charge is 0.481 e. The lowest BCUT2D eigenvalue weighted by molar-refractivity contribution is -0.133. The Bertz CT molecular complexity index is 69.2. The maximum absolute atomic E-state index is 9.55. The fourth-order valence-corrected chi connectivity index (χ4v) is 0.287. The molecule has 0 saturated carbocycles. The van der Waals surface area contributed by atoms with Gasteiger partial charge in [0, 0.05) is 0 Å². The number of rotatable bonds is 2.